The van der Waals surface area contributed by atoms with Gasteiger partial charge in [-0.1, -0.05) is 26.2 Å². The van der Waals surface area contributed by atoms with Crippen LogP contribution in [0.5, 0.6) is 0 Å². The maximum atomic E-state index is 9.66. The van der Waals surface area contributed by atoms with Crippen molar-refractivity contribution in [3.63, 3.8) is 0 Å². The average molecular weight is 185 g/mol. The van der Waals surface area contributed by atoms with Crippen LogP contribution in [0.15, 0.2) is 0 Å². The molecule has 0 radical (unpaired) electrons. The SMILES string of the molecule is CCCCCCONC=O.[KH]. The minimum atomic E-state index is 0. The van der Waals surface area contributed by atoms with Crippen LogP contribution in [-0.2, 0) is 9.63 Å². The van der Waals surface area contributed by atoms with Crippen molar-refractivity contribution in [1.82, 2.24) is 5.48 Å². The van der Waals surface area contributed by atoms with E-state index >= 15 is 0 Å². The van der Waals surface area contributed by atoms with E-state index in [-0.39, 0.29) is 51.4 Å². The van der Waals surface area contributed by atoms with Gasteiger partial charge in [-0.05, 0) is 6.42 Å². The number of unbranched alkanes of at least 4 members (excludes halogenated alkanes) is 3. The molecular weight excluding hydrogens is 169 g/mol. The summed E-state index contributed by atoms with van der Waals surface area (Å²) in [5, 5.41) is 0. The van der Waals surface area contributed by atoms with Crippen molar-refractivity contribution in [2.45, 2.75) is 32.6 Å². The van der Waals surface area contributed by atoms with Gasteiger partial charge in [0.2, 0.25) is 6.41 Å². The van der Waals surface area contributed by atoms with Gasteiger partial charge < -0.3 is 0 Å². The zero-order chi connectivity index (χ0) is 7.66. The molecule has 11 heavy (non-hydrogen) atoms. The van der Waals surface area contributed by atoms with E-state index in [0.29, 0.717) is 13.0 Å². The average Bonchev–Trinajstić information content (AvgIpc) is 1.97. The van der Waals surface area contributed by atoms with Crippen molar-refractivity contribution >= 4 is 57.8 Å². The first-order chi connectivity index (χ1) is 4.91. The first-order valence-electron chi connectivity index (χ1n) is 3.72. The summed E-state index contributed by atoms with van der Waals surface area (Å²) in [5.41, 5.74) is 2.14. The van der Waals surface area contributed by atoms with Crippen LogP contribution in [0.4, 0.5) is 0 Å². The molecule has 1 amide bonds. The van der Waals surface area contributed by atoms with E-state index in [9.17, 15) is 4.79 Å². The Morgan fingerprint density at radius 1 is 1.36 bits per heavy atom. The molecule has 0 atom stereocenters. The fraction of sp³-hybridized carbons (Fsp3) is 0.857. The topological polar surface area (TPSA) is 38.3 Å². The Morgan fingerprint density at radius 2 is 2.09 bits per heavy atom. The van der Waals surface area contributed by atoms with Gasteiger partial charge in [-0.15, -0.1) is 0 Å². The molecule has 4 heteroatoms. The zero-order valence-corrected chi connectivity index (χ0v) is 6.43. The molecule has 1 N–H and O–H groups in total. The summed E-state index contributed by atoms with van der Waals surface area (Å²) in [4.78, 5) is 14.4. The van der Waals surface area contributed by atoms with Gasteiger partial charge in [-0.25, -0.2) is 5.48 Å². The third-order valence-electron chi connectivity index (χ3n) is 1.23. The number of hydrogen-bond acceptors (Lipinski definition) is 2. The molecule has 0 aromatic rings. The van der Waals surface area contributed by atoms with Crippen molar-refractivity contribution < 1.29 is 9.63 Å². The predicted octanol–water partition coefficient (Wildman–Crippen LogP) is 0.596. The summed E-state index contributed by atoms with van der Waals surface area (Å²) < 4.78 is 0. The maximum absolute atomic E-state index is 9.66. The van der Waals surface area contributed by atoms with Crippen LogP contribution in [0.1, 0.15) is 32.6 Å². The normalized spacial score (nSPS) is 8.45. The first kappa shape index (κ1) is 14.6. The molecule has 0 spiro atoms. The monoisotopic (exact) mass is 185 g/mol. The molecule has 0 bridgehead atoms. The van der Waals surface area contributed by atoms with Gasteiger partial charge in [-0.3, -0.25) is 9.63 Å². The van der Waals surface area contributed by atoms with Crippen LogP contribution in [-0.4, -0.2) is 64.4 Å². The van der Waals surface area contributed by atoms with Crippen LogP contribution in [0.3, 0.4) is 0 Å². The van der Waals surface area contributed by atoms with E-state index in [1.807, 2.05) is 0 Å². The van der Waals surface area contributed by atoms with Gasteiger partial charge in [0, 0.05) is 0 Å². The minimum absolute atomic E-state index is 0. The van der Waals surface area contributed by atoms with Crippen LogP contribution in [0, 0.1) is 0 Å². The van der Waals surface area contributed by atoms with Crippen molar-refractivity contribution in [3.05, 3.63) is 0 Å². The summed E-state index contributed by atoms with van der Waals surface area (Å²) in [7, 11) is 0. The second-order valence-corrected chi connectivity index (χ2v) is 2.14. The summed E-state index contributed by atoms with van der Waals surface area (Å²) in [6, 6.07) is 0. The quantitative estimate of drug-likeness (QED) is 0.273. The predicted molar refractivity (Wildman–Crippen MR) is 46.4 cm³/mol. The van der Waals surface area contributed by atoms with Gasteiger partial charge in [0.05, 0.1) is 6.61 Å². The molecule has 0 unspecified atom stereocenters. The molecule has 0 aliphatic rings. The van der Waals surface area contributed by atoms with Crippen molar-refractivity contribution in [3.8, 4) is 0 Å². The number of carbonyl (C=O) groups excluding carboxylic acids is 1. The van der Waals surface area contributed by atoms with E-state index in [4.69, 9.17) is 4.84 Å². The molecule has 0 saturated heterocycles. The van der Waals surface area contributed by atoms with E-state index in [1.165, 1.54) is 19.3 Å². The Bertz CT molecular complexity index is 80.8. The molecule has 0 rings (SSSR count). The first-order valence-corrected chi connectivity index (χ1v) is 3.72. The fourth-order valence-electron chi connectivity index (χ4n) is 0.694. The number of rotatable bonds is 7. The Labute approximate surface area is 111 Å². The Hall–Kier alpha value is 1.07. The second kappa shape index (κ2) is 13.6. The fourth-order valence-corrected chi connectivity index (χ4v) is 0.694. The molecule has 0 aromatic carbocycles. The third kappa shape index (κ3) is 14.0. The van der Waals surface area contributed by atoms with Crippen LogP contribution < -0.4 is 5.48 Å². The van der Waals surface area contributed by atoms with Crippen molar-refractivity contribution in [2.24, 2.45) is 0 Å². The van der Waals surface area contributed by atoms with Gasteiger partial charge >= 0.3 is 51.4 Å². The van der Waals surface area contributed by atoms with Gasteiger partial charge in [0.1, 0.15) is 0 Å². The summed E-state index contributed by atoms with van der Waals surface area (Å²) in [6.45, 7) is 2.78. The second-order valence-electron chi connectivity index (χ2n) is 2.14. The Morgan fingerprint density at radius 3 is 2.64 bits per heavy atom. The molecular formula is C7H16KNO2. The Balaban J connectivity index is 0. The summed E-state index contributed by atoms with van der Waals surface area (Å²) in [5.74, 6) is 0. The van der Waals surface area contributed by atoms with E-state index in [1.54, 1.807) is 0 Å². The van der Waals surface area contributed by atoms with Crippen LogP contribution in [0.2, 0.25) is 0 Å². The van der Waals surface area contributed by atoms with Gasteiger partial charge in [0.25, 0.3) is 0 Å². The van der Waals surface area contributed by atoms with Crippen molar-refractivity contribution in [1.29, 1.82) is 0 Å². The van der Waals surface area contributed by atoms with Crippen LogP contribution in [0.25, 0.3) is 0 Å². The number of hydrogen-bond donors (Lipinski definition) is 1. The number of nitrogens with one attached hydrogen (secondary N) is 1. The molecule has 3 nitrogen and oxygen atoms in total. The third-order valence-corrected chi connectivity index (χ3v) is 1.23. The number of amides is 1. The van der Waals surface area contributed by atoms with Gasteiger partial charge in [-0.2, -0.15) is 0 Å². The van der Waals surface area contributed by atoms with Crippen molar-refractivity contribution in [2.75, 3.05) is 6.61 Å². The molecule has 62 valence electrons. The van der Waals surface area contributed by atoms with E-state index in [2.05, 4.69) is 12.4 Å². The summed E-state index contributed by atoms with van der Waals surface area (Å²) in [6.07, 6.45) is 5.21. The molecule has 0 fully saturated rings. The zero-order valence-electron chi connectivity index (χ0n) is 6.43. The number of hydroxylamine groups is 1. The molecule has 0 heterocycles. The van der Waals surface area contributed by atoms with Gasteiger partial charge in [0.15, 0.2) is 0 Å². The van der Waals surface area contributed by atoms with Crippen LogP contribution >= 0.6 is 0 Å². The van der Waals surface area contributed by atoms with E-state index < -0.39 is 0 Å². The molecule has 0 aromatic heterocycles. The standard InChI is InChI=1S/C7H15NO2.K.H/c1-2-3-4-5-6-10-8-7-9;;/h7H,2-6H2,1H3,(H,8,9);;. The van der Waals surface area contributed by atoms with E-state index in [0.717, 1.165) is 6.42 Å². The molecule has 0 saturated carbocycles. The Kier molecular flexibility index (Phi) is 18.1. The molecule has 0 aliphatic heterocycles. The molecule has 0 aliphatic carbocycles. The summed E-state index contributed by atoms with van der Waals surface area (Å²) >= 11 is 0. The number of carbonyl (C=O) groups is 1.